The molecule has 0 heterocycles. The second kappa shape index (κ2) is 7.78. The molecule has 1 N–H and O–H groups in total. The number of ether oxygens (including phenoxy) is 2. The van der Waals surface area contributed by atoms with Crippen molar-refractivity contribution in [2.45, 2.75) is 6.61 Å². The smallest absolute Gasteiger partial charge is 0.328 e. The van der Waals surface area contributed by atoms with Gasteiger partial charge in [-0.05, 0) is 57.4 Å². The van der Waals surface area contributed by atoms with Crippen molar-refractivity contribution < 1.29 is 23.8 Å². The van der Waals surface area contributed by atoms with Crippen molar-refractivity contribution >= 4 is 28.0 Å². The van der Waals surface area contributed by atoms with Gasteiger partial charge in [0, 0.05) is 6.08 Å². The van der Waals surface area contributed by atoms with E-state index >= 15 is 0 Å². The molecule has 0 amide bonds. The highest BCUT2D eigenvalue weighted by Gasteiger charge is 2.11. The normalized spacial score (nSPS) is 10.7. The van der Waals surface area contributed by atoms with E-state index in [1.165, 1.54) is 25.3 Å². The second-order valence-electron chi connectivity index (χ2n) is 4.62. The van der Waals surface area contributed by atoms with E-state index in [1.54, 1.807) is 24.3 Å². The van der Waals surface area contributed by atoms with Crippen LogP contribution in [0.25, 0.3) is 6.08 Å². The number of rotatable bonds is 6. The van der Waals surface area contributed by atoms with Gasteiger partial charge in [-0.3, -0.25) is 0 Å². The van der Waals surface area contributed by atoms with E-state index in [4.69, 9.17) is 14.6 Å². The molecule has 0 fully saturated rings. The summed E-state index contributed by atoms with van der Waals surface area (Å²) in [7, 11) is 1.50. The van der Waals surface area contributed by atoms with E-state index in [0.717, 1.165) is 11.6 Å². The molecule has 0 unspecified atom stereocenters. The first-order valence-electron chi connectivity index (χ1n) is 6.65. The van der Waals surface area contributed by atoms with Gasteiger partial charge in [0.1, 0.15) is 12.4 Å². The first-order chi connectivity index (χ1) is 11.0. The minimum atomic E-state index is -1.03. The van der Waals surface area contributed by atoms with Crippen molar-refractivity contribution in [2.24, 2.45) is 0 Å². The summed E-state index contributed by atoms with van der Waals surface area (Å²) >= 11 is 3.38. The number of carbonyl (C=O) groups is 1. The van der Waals surface area contributed by atoms with Crippen molar-refractivity contribution in [2.75, 3.05) is 7.11 Å². The maximum Gasteiger partial charge on any atom is 0.328 e. The van der Waals surface area contributed by atoms with Crippen LogP contribution in [-0.4, -0.2) is 18.2 Å². The Bertz CT molecular complexity index is 726. The fourth-order valence-corrected chi connectivity index (χ4v) is 2.45. The van der Waals surface area contributed by atoms with Crippen LogP contribution in [0.1, 0.15) is 11.1 Å². The van der Waals surface area contributed by atoms with Crippen molar-refractivity contribution in [1.82, 2.24) is 0 Å². The summed E-state index contributed by atoms with van der Waals surface area (Å²) in [4.78, 5) is 10.6. The molecule has 0 radical (unpaired) electrons. The molecule has 0 saturated carbocycles. The molecular formula is C17H14BrFO4. The lowest BCUT2D eigenvalue weighted by atomic mass is 10.2. The van der Waals surface area contributed by atoms with E-state index in [0.29, 0.717) is 21.5 Å². The van der Waals surface area contributed by atoms with E-state index in [2.05, 4.69) is 15.9 Å². The van der Waals surface area contributed by atoms with Gasteiger partial charge in [-0.2, -0.15) is 0 Å². The van der Waals surface area contributed by atoms with Crippen molar-refractivity contribution in [3.05, 3.63) is 63.9 Å². The standard InChI is InChI=1S/C17H14BrFO4/c1-22-15-9-12(4-7-16(20)21)8-14(18)17(15)23-10-11-2-5-13(19)6-3-11/h2-9H,10H2,1H3,(H,20,21). The molecule has 0 saturated heterocycles. The number of carboxylic acids is 1. The lowest BCUT2D eigenvalue weighted by Crippen LogP contribution is -1.99. The van der Waals surface area contributed by atoms with Gasteiger partial charge in [0.15, 0.2) is 11.5 Å². The second-order valence-corrected chi connectivity index (χ2v) is 5.48. The molecule has 0 bridgehead atoms. The molecule has 2 rings (SSSR count). The number of hydrogen-bond donors (Lipinski definition) is 1. The molecular weight excluding hydrogens is 367 g/mol. The number of carboxylic acid groups (broad SMARTS) is 1. The molecule has 2 aromatic carbocycles. The predicted octanol–water partition coefficient (Wildman–Crippen LogP) is 4.27. The molecule has 0 aromatic heterocycles. The van der Waals surface area contributed by atoms with Crippen LogP contribution in [0.2, 0.25) is 0 Å². The zero-order valence-corrected chi connectivity index (χ0v) is 13.8. The van der Waals surface area contributed by atoms with Crippen LogP contribution in [0.3, 0.4) is 0 Å². The van der Waals surface area contributed by atoms with Crippen molar-refractivity contribution in [3.63, 3.8) is 0 Å². The molecule has 0 aliphatic rings. The molecule has 6 heteroatoms. The summed E-state index contributed by atoms with van der Waals surface area (Å²) in [6.07, 6.45) is 2.50. The van der Waals surface area contributed by atoms with Crippen LogP contribution in [0.4, 0.5) is 4.39 Å². The zero-order chi connectivity index (χ0) is 16.8. The van der Waals surface area contributed by atoms with E-state index in [9.17, 15) is 9.18 Å². The van der Waals surface area contributed by atoms with Gasteiger partial charge in [-0.25, -0.2) is 9.18 Å². The van der Waals surface area contributed by atoms with Crippen LogP contribution in [-0.2, 0) is 11.4 Å². The molecule has 0 aliphatic heterocycles. The van der Waals surface area contributed by atoms with Crippen LogP contribution in [0.5, 0.6) is 11.5 Å². The fraction of sp³-hybridized carbons (Fsp3) is 0.118. The van der Waals surface area contributed by atoms with Crippen molar-refractivity contribution in [1.29, 1.82) is 0 Å². The molecule has 4 nitrogen and oxygen atoms in total. The topological polar surface area (TPSA) is 55.8 Å². The molecule has 0 spiro atoms. The van der Waals surface area contributed by atoms with E-state index < -0.39 is 5.97 Å². The highest BCUT2D eigenvalue weighted by atomic mass is 79.9. The monoisotopic (exact) mass is 380 g/mol. The molecule has 120 valence electrons. The Labute approximate surface area is 141 Å². The molecule has 0 aliphatic carbocycles. The summed E-state index contributed by atoms with van der Waals surface area (Å²) in [5.74, 6) is -0.380. The van der Waals surface area contributed by atoms with Crippen LogP contribution < -0.4 is 9.47 Å². The SMILES string of the molecule is COc1cc(C=CC(=O)O)cc(Br)c1OCc1ccc(F)cc1. The molecule has 23 heavy (non-hydrogen) atoms. The Hall–Kier alpha value is -2.34. The van der Waals surface area contributed by atoms with Gasteiger partial charge in [-0.15, -0.1) is 0 Å². The Balaban J connectivity index is 2.20. The van der Waals surface area contributed by atoms with Crippen molar-refractivity contribution in [3.8, 4) is 11.5 Å². The van der Waals surface area contributed by atoms with Gasteiger partial charge in [0.05, 0.1) is 11.6 Å². The van der Waals surface area contributed by atoms with Crippen LogP contribution in [0.15, 0.2) is 46.9 Å². The Morgan fingerprint density at radius 2 is 2.00 bits per heavy atom. The lowest BCUT2D eigenvalue weighted by Gasteiger charge is -2.13. The maximum atomic E-state index is 12.9. The lowest BCUT2D eigenvalue weighted by molar-refractivity contribution is -0.131. The molecule has 0 atom stereocenters. The first-order valence-corrected chi connectivity index (χ1v) is 7.44. The minimum Gasteiger partial charge on any atom is -0.493 e. The number of aliphatic carboxylic acids is 1. The quantitative estimate of drug-likeness (QED) is 0.760. The Morgan fingerprint density at radius 3 is 2.61 bits per heavy atom. The largest absolute Gasteiger partial charge is 0.493 e. The van der Waals surface area contributed by atoms with Gasteiger partial charge in [-0.1, -0.05) is 12.1 Å². The third-order valence-corrected chi connectivity index (χ3v) is 3.56. The van der Waals surface area contributed by atoms with Gasteiger partial charge in [0.25, 0.3) is 0 Å². The fourth-order valence-electron chi connectivity index (χ4n) is 1.88. The number of halogens is 2. The predicted molar refractivity (Wildman–Crippen MR) is 88.1 cm³/mol. The third-order valence-electron chi connectivity index (χ3n) is 2.97. The van der Waals surface area contributed by atoms with Gasteiger partial charge >= 0.3 is 5.97 Å². The maximum absolute atomic E-state index is 12.9. The summed E-state index contributed by atoms with van der Waals surface area (Å²) in [5, 5.41) is 8.67. The van der Waals surface area contributed by atoms with E-state index in [1.807, 2.05) is 0 Å². The average Bonchev–Trinajstić information content (AvgIpc) is 2.53. The van der Waals surface area contributed by atoms with Gasteiger partial charge < -0.3 is 14.6 Å². The van der Waals surface area contributed by atoms with E-state index in [-0.39, 0.29) is 12.4 Å². The zero-order valence-electron chi connectivity index (χ0n) is 12.3. The first kappa shape index (κ1) is 17.0. The average molecular weight is 381 g/mol. The number of methoxy groups -OCH3 is 1. The Kier molecular flexibility index (Phi) is 5.76. The molecule has 2 aromatic rings. The number of hydrogen-bond acceptors (Lipinski definition) is 3. The van der Waals surface area contributed by atoms with Gasteiger partial charge in [0.2, 0.25) is 0 Å². The summed E-state index contributed by atoms with van der Waals surface area (Å²) in [6, 6.07) is 9.40. The summed E-state index contributed by atoms with van der Waals surface area (Å²) in [5.41, 5.74) is 1.47. The summed E-state index contributed by atoms with van der Waals surface area (Å²) in [6.45, 7) is 0.250. The highest BCUT2D eigenvalue weighted by molar-refractivity contribution is 9.10. The Morgan fingerprint density at radius 1 is 1.30 bits per heavy atom. The van der Waals surface area contributed by atoms with Crippen LogP contribution >= 0.6 is 15.9 Å². The highest BCUT2D eigenvalue weighted by Crippen LogP contribution is 2.37. The van der Waals surface area contributed by atoms with Crippen LogP contribution in [0, 0.1) is 5.82 Å². The third kappa shape index (κ3) is 4.82. The minimum absolute atomic E-state index is 0.250. The summed E-state index contributed by atoms with van der Waals surface area (Å²) < 4.78 is 24.5. The number of benzene rings is 2.